The van der Waals surface area contributed by atoms with E-state index in [2.05, 4.69) is 5.10 Å². The Balaban J connectivity index is 1.68. The van der Waals surface area contributed by atoms with E-state index in [0.29, 0.717) is 17.8 Å². The van der Waals surface area contributed by atoms with E-state index in [0.717, 1.165) is 15.8 Å². The van der Waals surface area contributed by atoms with Crippen LogP contribution in [0.4, 0.5) is 4.79 Å². The van der Waals surface area contributed by atoms with Crippen molar-refractivity contribution in [1.82, 2.24) is 19.2 Å². The van der Waals surface area contributed by atoms with Gasteiger partial charge in [-0.25, -0.2) is 18.8 Å². The first kappa shape index (κ1) is 23.0. The summed E-state index contributed by atoms with van der Waals surface area (Å²) in [6, 6.07) is 14.4. The van der Waals surface area contributed by atoms with Gasteiger partial charge >= 0.3 is 11.8 Å². The minimum Gasteiger partial charge on any atom is -0.444 e. The Hall–Kier alpha value is -3.68. The second-order valence-electron chi connectivity index (χ2n) is 8.73. The van der Waals surface area contributed by atoms with Crippen LogP contribution in [-0.2, 0) is 17.8 Å². The summed E-state index contributed by atoms with van der Waals surface area (Å²) < 4.78 is 7.88. The highest BCUT2D eigenvalue weighted by Gasteiger charge is 2.19. The van der Waals surface area contributed by atoms with E-state index in [4.69, 9.17) is 4.74 Å². The third-order valence-corrected chi connectivity index (χ3v) is 4.74. The molecule has 2 aromatic carbocycles. The van der Waals surface area contributed by atoms with E-state index in [-0.39, 0.29) is 12.3 Å². The van der Waals surface area contributed by atoms with E-state index < -0.39 is 17.4 Å². The summed E-state index contributed by atoms with van der Waals surface area (Å²) in [6.07, 6.45) is 0.990. The van der Waals surface area contributed by atoms with E-state index in [1.807, 2.05) is 52.0 Å². The molecule has 1 amide bonds. The zero-order chi connectivity index (χ0) is 23.5. The summed E-state index contributed by atoms with van der Waals surface area (Å²) in [5, 5.41) is 4.08. The normalized spacial score (nSPS) is 11.3. The number of ether oxygens (including phenoxy) is 1. The number of benzene rings is 2. The Labute approximate surface area is 187 Å². The molecule has 1 heterocycles. The van der Waals surface area contributed by atoms with Crippen LogP contribution in [0.3, 0.4) is 0 Å². The zero-order valence-corrected chi connectivity index (χ0v) is 19.0. The fourth-order valence-electron chi connectivity index (χ4n) is 3.03. The Morgan fingerprint density at radius 3 is 2.25 bits per heavy atom. The van der Waals surface area contributed by atoms with Gasteiger partial charge in [-0.05, 0) is 45.4 Å². The molecule has 8 nitrogen and oxygen atoms in total. The molecule has 0 aliphatic heterocycles. The van der Waals surface area contributed by atoms with Crippen LogP contribution >= 0.6 is 0 Å². The number of hydrogen-bond acceptors (Lipinski definition) is 5. The Bertz CT molecular complexity index is 1150. The minimum absolute atomic E-state index is 0.131. The first-order valence-electron chi connectivity index (χ1n) is 10.3. The third kappa shape index (κ3) is 5.72. The van der Waals surface area contributed by atoms with Crippen LogP contribution < -0.4 is 5.69 Å². The second-order valence-corrected chi connectivity index (χ2v) is 8.73. The molecule has 3 aromatic rings. The summed E-state index contributed by atoms with van der Waals surface area (Å²) >= 11 is 0. The number of rotatable bonds is 6. The molecule has 168 valence electrons. The maximum absolute atomic E-state index is 12.7. The van der Waals surface area contributed by atoms with Crippen molar-refractivity contribution < 1.29 is 14.3 Å². The van der Waals surface area contributed by atoms with Gasteiger partial charge in [0, 0.05) is 19.2 Å². The quantitative estimate of drug-likeness (QED) is 0.551. The van der Waals surface area contributed by atoms with Crippen LogP contribution in [0, 0.1) is 6.92 Å². The lowest BCUT2D eigenvalue weighted by Gasteiger charge is -2.24. The van der Waals surface area contributed by atoms with Crippen LogP contribution in [0.25, 0.3) is 5.69 Å². The van der Waals surface area contributed by atoms with E-state index in [1.165, 1.54) is 15.8 Å². The lowest BCUT2D eigenvalue weighted by atomic mass is 10.1. The fourth-order valence-corrected chi connectivity index (χ4v) is 3.03. The van der Waals surface area contributed by atoms with Crippen LogP contribution in [-0.4, -0.2) is 43.8 Å². The van der Waals surface area contributed by atoms with Crippen molar-refractivity contribution in [1.29, 1.82) is 0 Å². The number of aryl methyl sites for hydroxylation is 1. The number of aromatic nitrogens is 3. The van der Waals surface area contributed by atoms with Gasteiger partial charge in [0.15, 0.2) is 5.78 Å². The van der Waals surface area contributed by atoms with Crippen molar-refractivity contribution in [2.45, 2.75) is 46.4 Å². The highest BCUT2D eigenvalue weighted by atomic mass is 16.6. The van der Waals surface area contributed by atoms with Crippen molar-refractivity contribution in [3.05, 3.63) is 82.0 Å². The smallest absolute Gasteiger partial charge is 0.410 e. The Kier molecular flexibility index (Phi) is 6.62. The average molecular weight is 437 g/mol. The van der Waals surface area contributed by atoms with Gasteiger partial charge in [-0.1, -0.05) is 42.0 Å². The summed E-state index contributed by atoms with van der Waals surface area (Å²) in [5.74, 6) is -0.183. The number of carbonyl (C=O) groups excluding carboxylic acids is 2. The molecule has 0 unspecified atom stereocenters. The topological polar surface area (TPSA) is 86.4 Å². The maximum atomic E-state index is 12.7. The zero-order valence-electron chi connectivity index (χ0n) is 19.0. The van der Waals surface area contributed by atoms with Gasteiger partial charge in [0.05, 0.1) is 5.69 Å². The van der Waals surface area contributed by atoms with Crippen LogP contribution in [0.2, 0.25) is 0 Å². The van der Waals surface area contributed by atoms with Gasteiger partial charge in [-0.15, -0.1) is 0 Å². The van der Waals surface area contributed by atoms with E-state index in [1.54, 1.807) is 31.3 Å². The van der Waals surface area contributed by atoms with Crippen LogP contribution in [0.1, 0.15) is 42.3 Å². The van der Waals surface area contributed by atoms with Crippen LogP contribution in [0.15, 0.2) is 59.7 Å². The highest BCUT2D eigenvalue weighted by molar-refractivity contribution is 5.95. The predicted molar refractivity (Wildman–Crippen MR) is 121 cm³/mol. The van der Waals surface area contributed by atoms with Gasteiger partial charge in [0.1, 0.15) is 18.5 Å². The largest absolute Gasteiger partial charge is 0.444 e. The van der Waals surface area contributed by atoms with E-state index in [9.17, 15) is 14.4 Å². The highest BCUT2D eigenvalue weighted by Crippen LogP contribution is 2.13. The standard InChI is InChI=1S/C24H28N4O4/c1-17-6-10-19(11-7-17)21(29)15-28-22(30)27(16-25-28)20-12-8-18(9-13-20)14-26(5)23(31)32-24(2,3)4/h6-13,16H,14-15H2,1-5H3. The number of carbonyl (C=O) groups is 2. The predicted octanol–water partition coefficient (Wildman–Crippen LogP) is 3.59. The minimum atomic E-state index is -0.558. The molecule has 0 fully saturated rings. The summed E-state index contributed by atoms with van der Waals surface area (Å²) in [6.45, 7) is 7.64. The maximum Gasteiger partial charge on any atom is 0.410 e. The SMILES string of the molecule is Cc1ccc(C(=O)Cn2ncn(-c3ccc(CN(C)C(=O)OC(C)(C)C)cc3)c2=O)cc1. The number of hydrogen-bond donors (Lipinski definition) is 0. The molecule has 0 N–H and O–H groups in total. The van der Waals surface area contributed by atoms with Crippen LogP contribution in [0.5, 0.6) is 0 Å². The molecule has 1 aromatic heterocycles. The number of amides is 1. The van der Waals surface area contributed by atoms with Crippen molar-refractivity contribution in [3.8, 4) is 5.69 Å². The molecule has 8 heteroatoms. The van der Waals surface area contributed by atoms with Gasteiger partial charge < -0.3 is 9.64 Å². The number of ketones is 1. The summed E-state index contributed by atoms with van der Waals surface area (Å²) in [4.78, 5) is 38.8. The molecule has 0 atom stereocenters. The molecular formula is C24H28N4O4. The van der Waals surface area contributed by atoms with E-state index >= 15 is 0 Å². The molecule has 0 aliphatic carbocycles. The molecule has 0 saturated heterocycles. The third-order valence-electron chi connectivity index (χ3n) is 4.74. The fraction of sp³-hybridized carbons (Fsp3) is 0.333. The molecule has 0 bridgehead atoms. The number of Topliss-reactive ketones (excluding diaryl/α,β-unsaturated/α-hetero) is 1. The molecular weight excluding hydrogens is 408 g/mol. The van der Waals surface area contributed by atoms with Crippen molar-refractivity contribution in [2.75, 3.05) is 7.05 Å². The lowest BCUT2D eigenvalue weighted by Crippen LogP contribution is -2.33. The molecule has 0 radical (unpaired) electrons. The van der Waals surface area contributed by atoms with Gasteiger partial charge in [0.2, 0.25) is 0 Å². The van der Waals surface area contributed by atoms with Crippen molar-refractivity contribution in [3.63, 3.8) is 0 Å². The monoisotopic (exact) mass is 436 g/mol. The van der Waals surface area contributed by atoms with Gasteiger partial charge in [0.25, 0.3) is 0 Å². The Morgan fingerprint density at radius 2 is 1.66 bits per heavy atom. The van der Waals surface area contributed by atoms with Gasteiger partial charge in [-0.3, -0.25) is 4.79 Å². The lowest BCUT2D eigenvalue weighted by molar-refractivity contribution is 0.0285. The van der Waals surface area contributed by atoms with Gasteiger partial charge in [-0.2, -0.15) is 5.10 Å². The Morgan fingerprint density at radius 1 is 1.03 bits per heavy atom. The first-order valence-corrected chi connectivity index (χ1v) is 10.3. The molecule has 0 saturated carbocycles. The summed E-state index contributed by atoms with van der Waals surface area (Å²) in [5.41, 5.74) is 2.14. The number of nitrogens with zero attached hydrogens (tertiary/aromatic N) is 4. The summed E-state index contributed by atoms with van der Waals surface area (Å²) in [7, 11) is 1.67. The molecule has 3 rings (SSSR count). The second kappa shape index (κ2) is 9.21. The molecule has 0 spiro atoms. The first-order chi connectivity index (χ1) is 15.0. The molecule has 0 aliphatic rings. The van der Waals surface area contributed by atoms with Crippen molar-refractivity contribution >= 4 is 11.9 Å². The van der Waals surface area contributed by atoms with Crippen molar-refractivity contribution in [2.24, 2.45) is 0 Å². The average Bonchev–Trinajstić information content (AvgIpc) is 3.08. The molecule has 32 heavy (non-hydrogen) atoms.